The Balaban J connectivity index is 1.29. The molecule has 1 aliphatic rings. The van der Waals surface area contributed by atoms with E-state index in [0.29, 0.717) is 13.0 Å². The van der Waals surface area contributed by atoms with Gasteiger partial charge < -0.3 is 5.32 Å². The summed E-state index contributed by atoms with van der Waals surface area (Å²) in [5.41, 5.74) is 2.86. The van der Waals surface area contributed by atoms with E-state index >= 15 is 0 Å². The predicted molar refractivity (Wildman–Crippen MR) is 119 cm³/mol. The highest BCUT2D eigenvalue weighted by Gasteiger charge is 2.20. The average molecular weight is 464 g/mol. The summed E-state index contributed by atoms with van der Waals surface area (Å²) in [6.45, 7) is 0.850. The first kappa shape index (κ1) is 21.9. The van der Waals surface area contributed by atoms with Crippen molar-refractivity contribution in [1.82, 2.24) is 9.71 Å². The van der Waals surface area contributed by atoms with Gasteiger partial charge in [0, 0.05) is 23.5 Å². The van der Waals surface area contributed by atoms with Gasteiger partial charge in [0.25, 0.3) is 0 Å². The van der Waals surface area contributed by atoms with Gasteiger partial charge in [-0.25, -0.2) is 26.9 Å². The highest BCUT2D eigenvalue weighted by atomic mass is 32.2. The molecule has 3 aromatic rings. The van der Waals surface area contributed by atoms with Crippen molar-refractivity contribution in [1.29, 1.82) is 0 Å². The number of nitrogens with zero attached hydrogens (tertiary/aromatic N) is 1. The first-order valence-corrected chi connectivity index (χ1v) is 12.5. The van der Waals surface area contributed by atoms with Crippen LogP contribution in [-0.4, -0.2) is 26.5 Å². The SMILES string of the molecule is O=S(=O)(NCCCCNc1nc2c(s1)CCCc1ccc(F)cc1-2)c1ccccc1F. The van der Waals surface area contributed by atoms with E-state index in [1.165, 1.54) is 24.3 Å². The molecule has 0 unspecified atom stereocenters. The summed E-state index contributed by atoms with van der Waals surface area (Å²) in [5, 5.41) is 4.07. The van der Waals surface area contributed by atoms with Gasteiger partial charge in [0.1, 0.15) is 16.5 Å². The molecule has 9 heteroatoms. The monoisotopic (exact) mass is 463 g/mol. The third kappa shape index (κ3) is 5.11. The van der Waals surface area contributed by atoms with Crippen molar-refractivity contribution in [2.24, 2.45) is 0 Å². The number of hydrogen-bond acceptors (Lipinski definition) is 5. The van der Waals surface area contributed by atoms with Crippen molar-refractivity contribution >= 4 is 26.5 Å². The highest BCUT2D eigenvalue weighted by molar-refractivity contribution is 7.89. The van der Waals surface area contributed by atoms with E-state index in [2.05, 4.69) is 15.0 Å². The van der Waals surface area contributed by atoms with Gasteiger partial charge in [0.05, 0.1) is 5.69 Å². The quantitative estimate of drug-likeness (QED) is 0.473. The topological polar surface area (TPSA) is 71.1 Å². The highest BCUT2D eigenvalue weighted by Crippen LogP contribution is 2.37. The van der Waals surface area contributed by atoms with E-state index in [1.54, 1.807) is 17.4 Å². The number of unbranched alkanes of at least 4 members (excludes halogenated alkanes) is 1. The minimum absolute atomic E-state index is 0.222. The molecule has 0 atom stereocenters. The molecule has 2 N–H and O–H groups in total. The number of anilines is 1. The fraction of sp³-hybridized carbons (Fsp3) is 0.318. The second-order valence-corrected chi connectivity index (χ2v) is 10.2. The normalized spacial score (nSPS) is 13.4. The molecule has 0 saturated carbocycles. The number of hydrogen-bond donors (Lipinski definition) is 2. The number of thiazole rings is 1. The summed E-state index contributed by atoms with van der Waals surface area (Å²) in [6.07, 6.45) is 4.16. The van der Waals surface area contributed by atoms with Crippen LogP contribution in [0, 0.1) is 11.6 Å². The summed E-state index contributed by atoms with van der Waals surface area (Å²) >= 11 is 1.59. The summed E-state index contributed by atoms with van der Waals surface area (Å²) < 4.78 is 54.2. The Morgan fingerprint density at radius 2 is 1.84 bits per heavy atom. The van der Waals surface area contributed by atoms with Gasteiger partial charge >= 0.3 is 0 Å². The van der Waals surface area contributed by atoms with Crippen LogP contribution in [-0.2, 0) is 22.9 Å². The molecular formula is C22H23F2N3O2S2. The van der Waals surface area contributed by atoms with Crippen molar-refractivity contribution in [3.8, 4) is 11.3 Å². The Labute approximate surface area is 184 Å². The van der Waals surface area contributed by atoms with Crippen molar-refractivity contribution in [2.45, 2.75) is 37.0 Å². The molecule has 0 saturated heterocycles. The first-order valence-electron chi connectivity index (χ1n) is 10.2. The molecule has 2 aromatic carbocycles. The summed E-state index contributed by atoms with van der Waals surface area (Å²) in [6, 6.07) is 10.2. The molecule has 1 aromatic heterocycles. The van der Waals surface area contributed by atoms with Gasteiger partial charge in [-0.15, -0.1) is 11.3 Å². The maximum atomic E-state index is 13.8. The van der Waals surface area contributed by atoms with Crippen LogP contribution in [0.15, 0.2) is 47.4 Å². The third-order valence-corrected chi connectivity index (χ3v) is 7.74. The average Bonchev–Trinajstić information content (AvgIpc) is 3.07. The van der Waals surface area contributed by atoms with Crippen LogP contribution < -0.4 is 10.0 Å². The Hall–Kier alpha value is -2.36. The van der Waals surface area contributed by atoms with Gasteiger partial charge in [-0.05, 0) is 61.9 Å². The third-order valence-electron chi connectivity index (χ3n) is 5.17. The number of aromatic nitrogens is 1. The largest absolute Gasteiger partial charge is 0.361 e. The Bertz CT molecular complexity index is 1180. The second-order valence-electron chi connectivity index (χ2n) is 7.41. The summed E-state index contributed by atoms with van der Waals surface area (Å²) in [4.78, 5) is 5.51. The predicted octanol–water partition coefficient (Wildman–Crippen LogP) is 4.75. The van der Waals surface area contributed by atoms with Crippen LogP contribution in [0.3, 0.4) is 0 Å². The maximum absolute atomic E-state index is 13.8. The molecule has 1 heterocycles. The molecule has 0 aliphatic heterocycles. The molecule has 0 amide bonds. The van der Waals surface area contributed by atoms with Crippen LogP contribution in [0.1, 0.15) is 29.7 Å². The fourth-order valence-electron chi connectivity index (χ4n) is 3.63. The van der Waals surface area contributed by atoms with Crippen LogP contribution in [0.5, 0.6) is 0 Å². The minimum atomic E-state index is -3.85. The van der Waals surface area contributed by atoms with E-state index < -0.39 is 15.8 Å². The number of fused-ring (bicyclic) bond motifs is 3. The molecule has 0 fully saturated rings. The smallest absolute Gasteiger partial charge is 0.243 e. The Kier molecular flexibility index (Phi) is 6.64. The van der Waals surface area contributed by atoms with Gasteiger partial charge in [-0.3, -0.25) is 0 Å². The standard InChI is InChI=1S/C22H23F2N3O2S2/c23-16-11-10-15-6-5-8-19-21(17(15)14-16)27-22(30-19)25-12-3-4-13-26-31(28,29)20-9-2-1-7-18(20)24/h1-2,7,9-11,14,26H,3-6,8,12-13H2,(H,25,27). The van der Waals surface area contributed by atoms with E-state index in [4.69, 9.17) is 0 Å². The van der Waals surface area contributed by atoms with E-state index in [-0.39, 0.29) is 17.3 Å². The van der Waals surface area contributed by atoms with Gasteiger partial charge in [0.15, 0.2) is 5.13 Å². The molecular weight excluding hydrogens is 440 g/mol. The van der Waals surface area contributed by atoms with E-state index in [1.807, 2.05) is 6.07 Å². The van der Waals surface area contributed by atoms with Gasteiger partial charge in [-0.2, -0.15) is 0 Å². The molecule has 4 rings (SSSR count). The van der Waals surface area contributed by atoms with Crippen LogP contribution in [0.25, 0.3) is 11.3 Å². The lowest BCUT2D eigenvalue weighted by atomic mass is 10.0. The lowest BCUT2D eigenvalue weighted by molar-refractivity contribution is 0.554. The number of sulfonamides is 1. The summed E-state index contributed by atoms with van der Waals surface area (Å²) in [7, 11) is -3.85. The zero-order valence-corrected chi connectivity index (χ0v) is 18.5. The first-order chi connectivity index (χ1) is 14.9. The second kappa shape index (κ2) is 9.42. The molecule has 164 valence electrons. The zero-order valence-electron chi connectivity index (χ0n) is 16.8. The van der Waals surface area contributed by atoms with Gasteiger partial charge in [0.2, 0.25) is 10.0 Å². The maximum Gasteiger partial charge on any atom is 0.243 e. The fourth-order valence-corrected chi connectivity index (χ4v) is 5.82. The molecule has 5 nitrogen and oxygen atoms in total. The Morgan fingerprint density at radius 1 is 1.03 bits per heavy atom. The molecule has 0 spiro atoms. The van der Waals surface area contributed by atoms with Crippen LogP contribution in [0.4, 0.5) is 13.9 Å². The lowest BCUT2D eigenvalue weighted by Crippen LogP contribution is -2.26. The van der Waals surface area contributed by atoms with Crippen molar-refractivity contribution in [2.75, 3.05) is 18.4 Å². The van der Waals surface area contributed by atoms with E-state index in [9.17, 15) is 17.2 Å². The lowest BCUT2D eigenvalue weighted by Gasteiger charge is -2.08. The Morgan fingerprint density at radius 3 is 2.68 bits per heavy atom. The number of aryl methyl sites for hydroxylation is 2. The number of benzene rings is 2. The van der Waals surface area contributed by atoms with Crippen LogP contribution >= 0.6 is 11.3 Å². The number of nitrogens with one attached hydrogen (secondary N) is 2. The molecule has 1 aliphatic carbocycles. The van der Waals surface area contributed by atoms with Gasteiger partial charge in [-0.1, -0.05) is 18.2 Å². The number of rotatable bonds is 8. The minimum Gasteiger partial charge on any atom is -0.361 e. The number of halogens is 2. The van der Waals surface area contributed by atoms with E-state index in [0.717, 1.165) is 58.6 Å². The molecule has 31 heavy (non-hydrogen) atoms. The van der Waals surface area contributed by atoms with Crippen molar-refractivity contribution < 1.29 is 17.2 Å². The van der Waals surface area contributed by atoms with Crippen molar-refractivity contribution in [3.63, 3.8) is 0 Å². The molecule has 0 bridgehead atoms. The zero-order chi connectivity index (χ0) is 21.8. The summed E-state index contributed by atoms with van der Waals surface area (Å²) in [5.74, 6) is -1.02. The van der Waals surface area contributed by atoms with Crippen LogP contribution in [0.2, 0.25) is 0 Å². The van der Waals surface area contributed by atoms with Crippen molar-refractivity contribution in [3.05, 3.63) is 64.5 Å². The molecule has 0 radical (unpaired) electrons.